The Labute approximate surface area is 159 Å². The van der Waals surface area contributed by atoms with Crippen molar-refractivity contribution in [1.82, 2.24) is 4.31 Å². The second-order valence-corrected chi connectivity index (χ2v) is 8.77. The molecule has 3 rings (SSSR count). The van der Waals surface area contributed by atoms with Gasteiger partial charge in [0.2, 0.25) is 10.0 Å². The van der Waals surface area contributed by atoms with E-state index in [4.69, 9.17) is 9.47 Å². The van der Waals surface area contributed by atoms with Gasteiger partial charge in [0.15, 0.2) is 0 Å². The molecule has 2 atom stereocenters. The summed E-state index contributed by atoms with van der Waals surface area (Å²) in [7, 11) is -2.15. The summed E-state index contributed by atoms with van der Waals surface area (Å²) in [5, 5.41) is 0. The van der Waals surface area contributed by atoms with E-state index in [0.717, 1.165) is 5.56 Å². The van der Waals surface area contributed by atoms with Gasteiger partial charge in [0, 0.05) is 13.1 Å². The minimum atomic E-state index is -3.71. The van der Waals surface area contributed by atoms with Gasteiger partial charge in [-0.05, 0) is 61.7 Å². The average Bonchev–Trinajstić information content (AvgIpc) is 2.60. The van der Waals surface area contributed by atoms with Crippen molar-refractivity contribution in [1.29, 1.82) is 0 Å². The van der Waals surface area contributed by atoms with E-state index in [1.807, 2.05) is 6.92 Å². The Balaban J connectivity index is 1.95. The standard InChI is InChI=1S/C20H24FNO4S/c1-13-9-18(25-4)10-14(2)20(13)27(23,24)22-11-15(3)26-19(12-22)16-5-7-17(21)8-6-16/h5-10,15,19H,11-12H2,1-4H3. The van der Waals surface area contributed by atoms with E-state index in [9.17, 15) is 12.8 Å². The molecule has 7 heteroatoms. The van der Waals surface area contributed by atoms with Gasteiger partial charge in [0.05, 0.1) is 24.2 Å². The van der Waals surface area contributed by atoms with Crippen LogP contribution in [0.25, 0.3) is 0 Å². The second-order valence-electron chi connectivity index (χ2n) is 6.90. The van der Waals surface area contributed by atoms with Crippen LogP contribution in [0.3, 0.4) is 0 Å². The number of rotatable bonds is 4. The van der Waals surface area contributed by atoms with Gasteiger partial charge in [0.25, 0.3) is 0 Å². The predicted octanol–water partition coefficient (Wildman–Crippen LogP) is 3.60. The van der Waals surface area contributed by atoms with Gasteiger partial charge in [-0.1, -0.05) is 12.1 Å². The highest BCUT2D eigenvalue weighted by atomic mass is 32.2. The maximum Gasteiger partial charge on any atom is 0.243 e. The molecule has 2 aromatic rings. The van der Waals surface area contributed by atoms with E-state index in [0.29, 0.717) is 21.8 Å². The fraction of sp³-hybridized carbons (Fsp3) is 0.400. The molecule has 1 aliphatic rings. The van der Waals surface area contributed by atoms with E-state index in [1.165, 1.54) is 16.4 Å². The zero-order chi connectivity index (χ0) is 19.8. The first-order valence-corrected chi connectivity index (χ1v) is 10.2. The van der Waals surface area contributed by atoms with Gasteiger partial charge in [-0.25, -0.2) is 12.8 Å². The van der Waals surface area contributed by atoms with Crippen molar-refractivity contribution in [2.24, 2.45) is 0 Å². The fourth-order valence-electron chi connectivity index (χ4n) is 3.53. The van der Waals surface area contributed by atoms with Crippen molar-refractivity contribution >= 4 is 10.0 Å². The fourth-order valence-corrected chi connectivity index (χ4v) is 5.46. The van der Waals surface area contributed by atoms with E-state index in [-0.39, 0.29) is 25.0 Å². The summed E-state index contributed by atoms with van der Waals surface area (Å²) < 4.78 is 52.6. The Bertz CT molecular complexity index is 904. The Hall–Kier alpha value is -1.96. The number of halogens is 1. The number of hydrogen-bond acceptors (Lipinski definition) is 4. The number of ether oxygens (including phenoxy) is 2. The molecule has 0 N–H and O–H groups in total. The molecule has 2 unspecified atom stereocenters. The monoisotopic (exact) mass is 393 g/mol. The molecule has 0 bridgehead atoms. The van der Waals surface area contributed by atoms with Gasteiger partial charge in [0.1, 0.15) is 11.6 Å². The maximum absolute atomic E-state index is 13.4. The van der Waals surface area contributed by atoms with Crippen LogP contribution >= 0.6 is 0 Å². The summed E-state index contributed by atoms with van der Waals surface area (Å²) in [6.07, 6.45) is -0.717. The quantitative estimate of drug-likeness (QED) is 0.796. The number of morpholine rings is 1. The molecule has 2 aromatic carbocycles. The van der Waals surface area contributed by atoms with Crippen LogP contribution in [-0.4, -0.2) is 39.0 Å². The molecule has 1 heterocycles. The third kappa shape index (κ3) is 4.00. The lowest BCUT2D eigenvalue weighted by molar-refractivity contribution is -0.0557. The van der Waals surface area contributed by atoms with Crippen LogP contribution in [0.5, 0.6) is 5.75 Å². The number of aryl methyl sites for hydroxylation is 2. The van der Waals surface area contributed by atoms with Crippen molar-refractivity contribution < 1.29 is 22.3 Å². The predicted molar refractivity (Wildman–Crippen MR) is 101 cm³/mol. The van der Waals surface area contributed by atoms with E-state index >= 15 is 0 Å². The van der Waals surface area contributed by atoms with Gasteiger partial charge >= 0.3 is 0 Å². The molecule has 0 spiro atoms. The Morgan fingerprint density at radius 2 is 1.70 bits per heavy atom. The lowest BCUT2D eigenvalue weighted by Gasteiger charge is -2.36. The smallest absolute Gasteiger partial charge is 0.243 e. The zero-order valence-electron chi connectivity index (χ0n) is 15.9. The van der Waals surface area contributed by atoms with E-state index in [2.05, 4.69) is 0 Å². The summed E-state index contributed by atoms with van der Waals surface area (Å²) in [5.41, 5.74) is 2.04. The van der Waals surface area contributed by atoms with E-state index in [1.54, 1.807) is 45.2 Å². The minimum Gasteiger partial charge on any atom is -0.497 e. The summed E-state index contributed by atoms with van der Waals surface area (Å²) >= 11 is 0. The Morgan fingerprint density at radius 3 is 2.26 bits per heavy atom. The van der Waals surface area contributed by atoms with Gasteiger partial charge in [-0.15, -0.1) is 0 Å². The summed E-state index contributed by atoms with van der Waals surface area (Å²) in [6, 6.07) is 9.42. The largest absolute Gasteiger partial charge is 0.497 e. The Morgan fingerprint density at radius 1 is 1.11 bits per heavy atom. The third-order valence-corrected chi connectivity index (χ3v) is 6.87. The SMILES string of the molecule is COc1cc(C)c(S(=O)(=O)N2CC(C)OC(c3ccc(F)cc3)C2)c(C)c1. The van der Waals surface area contributed by atoms with Gasteiger partial charge in [-0.2, -0.15) is 4.31 Å². The summed E-state index contributed by atoms with van der Waals surface area (Å²) in [4.78, 5) is 0.301. The number of nitrogens with zero attached hydrogens (tertiary/aromatic N) is 1. The highest BCUT2D eigenvalue weighted by Crippen LogP contribution is 2.33. The molecule has 1 aliphatic heterocycles. The highest BCUT2D eigenvalue weighted by Gasteiger charge is 2.36. The Kier molecular flexibility index (Phi) is 5.55. The lowest BCUT2D eigenvalue weighted by Crippen LogP contribution is -2.46. The first-order chi connectivity index (χ1) is 12.7. The topological polar surface area (TPSA) is 55.8 Å². The normalized spacial score (nSPS) is 21.2. The molecule has 0 aliphatic carbocycles. The molecule has 1 saturated heterocycles. The average molecular weight is 393 g/mol. The number of hydrogen-bond donors (Lipinski definition) is 0. The molecular formula is C20H24FNO4S. The first kappa shape index (κ1) is 19.8. The third-order valence-electron chi connectivity index (χ3n) is 4.74. The number of benzene rings is 2. The molecule has 5 nitrogen and oxygen atoms in total. The zero-order valence-corrected chi connectivity index (χ0v) is 16.7. The van der Waals surface area contributed by atoms with Crippen LogP contribution < -0.4 is 4.74 Å². The van der Waals surface area contributed by atoms with Crippen molar-refractivity contribution in [3.63, 3.8) is 0 Å². The summed E-state index contributed by atoms with van der Waals surface area (Å²) in [6.45, 7) is 5.83. The molecule has 1 fully saturated rings. The molecular weight excluding hydrogens is 369 g/mol. The van der Waals surface area contributed by atoms with Crippen molar-refractivity contribution in [3.8, 4) is 5.75 Å². The minimum absolute atomic E-state index is 0.184. The van der Waals surface area contributed by atoms with E-state index < -0.39 is 16.1 Å². The van der Waals surface area contributed by atoms with Crippen molar-refractivity contribution in [2.75, 3.05) is 20.2 Å². The van der Waals surface area contributed by atoms with Crippen LogP contribution in [0, 0.1) is 19.7 Å². The lowest BCUT2D eigenvalue weighted by atomic mass is 10.1. The van der Waals surface area contributed by atoms with Crippen LogP contribution in [0.15, 0.2) is 41.3 Å². The first-order valence-electron chi connectivity index (χ1n) is 8.78. The summed E-state index contributed by atoms with van der Waals surface area (Å²) in [5.74, 6) is 0.292. The second kappa shape index (κ2) is 7.58. The molecule has 27 heavy (non-hydrogen) atoms. The van der Waals surface area contributed by atoms with Crippen LogP contribution in [0.2, 0.25) is 0 Å². The molecule has 0 saturated carbocycles. The van der Waals surface area contributed by atoms with Crippen molar-refractivity contribution in [2.45, 2.75) is 37.9 Å². The molecule has 146 valence electrons. The molecule has 0 amide bonds. The van der Waals surface area contributed by atoms with Gasteiger partial charge < -0.3 is 9.47 Å². The number of sulfonamides is 1. The van der Waals surface area contributed by atoms with Crippen LogP contribution in [0.1, 0.15) is 29.7 Å². The van der Waals surface area contributed by atoms with Crippen LogP contribution in [0.4, 0.5) is 4.39 Å². The van der Waals surface area contributed by atoms with Crippen LogP contribution in [-0.2, 0) is 14.8 Å². The van der Waals surface area contributed by atoms with Crippen molar-refractivity contribution in [3.05, 3.63) is 58.9 Å². The highest BCUT2D eigenvalue weighted by molar-refractivity contribution is 7.89. The number of methoxy groups -OCH3 is 1. The van der Waals surface area contributed by atoms with Gasteiger partial charge in [-0.3, -0.25) is 0 Å². The maximum atomic E-state index is 13.4. The molecule has 0 aromatic heterocycles. The molecule has 0 radical (unpaired) electrons.